The van der Waals surface area contributed by atoms with Crippen LogP contribution in [0, 0.1) is 0 Å². The molecule has 0 aliphatic carbocycles. The van der Waals surface area contributed by atoms with Gasteiger partial charge in [-0.3, -0.25) is 4.79 Å². The van der Waals surface area contributed by atoms with Crippen molar-refractivity contribution in [2.45, 2.75) is 13.0 Å². The van der Waals surface area contributed by atoms with Crippen LogP contribution in [0.2, 0.25) is 5.02 Å². The molecule has 1 aromatic heterocycles. The molecule has 0 saturated carbocycles. The molecule has 7 nitrogen and oxygen atoms in total. The van der Waals surface area contributed by atoms with Crippen LogP contribution in [0.4, 0.5) is 4.79 Å². The normalized spacial score (nSPS) is 10.9. The third-order valence-corrected chi connectivity index (χ3v) is 5.26. The van der Waals surface area contributed by atoms with Gasteiger partial charge in [0.1, 0.15) is 0 Å². The van der Waals surface area contributed by atoms with Crippen molar-refractivity contribution < 1.29 is 18.7 Å². The van der Waals surface area contributed by atoms with Crippen molar-refractivity contribution in [3.05, 3.63) is 105 Å². The Morgan fingerprint density at radius 1 is 0.970 bits per heavy atom. The summed E-state index contributed by atoms with van der Waals surface area (Å²) in [6.45, 7) is 1.30. The highest BCUT2D eigenvalue weighted by atomic mass is 35.5. The molecule has 4 rings (SSSR count). The molecular weight excluding hydrogens is 444 g/mol. The van der Waals surface area contributed by atoms with Crippen LogP contribution < -0.4 is 11.1 Å². The molecule has 8 heteroatoms. The molecular formula is C25H21ClN2O5. The van der Waals surface area contributed by atoms with E-state index >= 15 is 0 Å². The molecule has 168 valence electrons. The minimum atomic E-state index is -0.820. The lowest BCUT2D eigenvalue weighted by molar-refractivity contribution is 0.103. The minimum absolute atomic E-state index is 0.154. The van der Waals surface area contributed by atoms with Gasteiger partial charge in [-0.25, -0.2) is 9.59 Å². The topological polar surface area (TPSA) is 90.5 Å². The summed E-state index contributed by atoms with van der Waals surface area (Å²) >= 11 is 5.87. The molecule has 0 atom stereocenters. The average molecular weight is 465 g/mol. The first-order valence-corrected chi connectivity index (χ1v) is 10.8. The van der Waals surface area contributed by atoms with Crippen LogP contribution in [0.3, 0.4) is 0 Å². The summed E-state index contributed by atoms with van der Waals surface area (Å²) in [6, 6.07) is 20.2. The van der Waals surface area contributed by atoms with E-state index in [1.165, 1.54) is 12.1 Å². The summed E-state index contributed by atoms with van der Waals surface area (Å²) < 4.78 is 11.7. The molecule has 0 bridgehead atoms. The van der Waals surface area contributed by atoms with Crippen LogP contribution in [0.1, 0.15) is 27.9 Å². The van der Waals surface area contributed by atoms with Crippen LogP contribution in [0.15, 0.2) is 82.0 Å². The Morgan fingerprint density at radius 3 is 2.45 bits per heavy atom. The molecule has 0 radical (unpaired) electrons. The summed E-state index contributed by atoms with van der Waals surface area (Å²) in [6.07, 6.45) is 0.586. The van der Waals surface area contributed by atoms with Gasteiger partial charge in [-0.15, -0.1) is 0 Å². The lowest BCUT2D eigenvalue weighted by Crippen LogP contribution is -2.35. The Kier molecular flexibility index (Phi) is 7.02. The van der Waals surface area contributed by atoms with Crippen molar-refractivity contribution in [1.82, 2.24) is 9.88 Å². The lowest BCUT2D eigenvalue weighted by atomic mass is 10.0. The lowest BCUT2D eigenvalue weighted by Gasteiger charge is -2.07. The Labute approximate surface area is 194 Å². The highest BCUT2D eigenvalue weighted by Gasteiger charge is 2.18. The highest BCUT2D eigenvalue weighted by Crippen LogP contribution is 2.19. The number of benzene rings is 3. The first-order chi connectivity index (χ1) is 16.0. The van der Waals surface area contributed by atoms with Gasteiger partial charge >= 0.3 is 11.8 Å². The van der Waals surface area contributed by atoms with E-state index in [0.717, 1.165) is 10.1 Å². The van der Waals surface area contributed by atoms with E-state index in [0.29, 0.717) is 42.3 Å². The number of ether oxygens (including phenoxy) is 1. The molecule has 0 aliphatic heterocycles. The number of aromatic nitrogens is 1. The zero-order valence-corrected chi connectivity index (χ0v) is 18.4. The number of amides is 1. The van der Waals surface area contributed by atoms with E-state index in [4.69, 9.17) is 20.8 Å². The van der Waals surface area contributed by atoms with E-state index in [1.54, 1.807) is 30.3 Å². The van der Waals surface area contributed by atoms with E-state index in [2.05, 4.69) is 5.32 Å². The number of carbonyl (C=O) groups is 2. The van der Waals surface area contributed by atoms with Crippen LogP contribution >= 0.6 is 11.6 Å². The molecule has 1 amide bonds. The number of hydrogen-bond acceptors (Lipinski definition) is 5. The molecule has 0 spiro atoms. The molecule has 0 unspecified atom stereocenters. The molecule has 1 heterocycles. The fourth-order valence-corrected chi connectivity index (χ4v) is 3.46. The predicted molar refractivity (Wildman–Crippen MR) is 125 cm³/mol. The number of fused-ring (bicyclic) bond motifs is 1. The third-order valence-electron chi connectivity index (χ3n) is 5.01. The Hall–Kier alpha value is -3.68. The monoisotopic (exact) mass is 464 g/mol. The average Bonchev–Trinajstić information content (AvgIpc) is 3.16. The van der Waals surface area contributed by atoms with Gasteiger partial charge in [-0.05, 0) is 54.4 Å². The van der Waals surface area contributed by atoms with Gasteiger partial charge in [-0.1, -0.05) is 41.9 Å². The zero-order valence-electron chi connectivity index (χ0n) is 17.6. The molecule has 4 aromatic rings. The van der Waals surface area contributed by atoms with Gasteiger partial charge in [0.15, 0.2) is 11.4 Å². The van der Waals surface area contributed by atoms with Crippen molar-refractivity contribution in [3.63, 3.8) is 0 Å². The van der Waals surface area contributed by atoms with Gasteiger partial charge in [0.2, 0.25) is 0 Å². The first kappa shape index (κ1) is 22.5. The van der Waals surface area contributed by atoms with Crippen molar-refractivity contribution in [2.75, 3.05) is 13.2 Å². The number of nitrogens with zero attached hydrogens (tertiary/aromatic N) is 1. The molecule has 0 saturated heterocycles. The second kappa shape index (κ2) is 10.3. The van der Waals surface area contributed by atoms with Crippen LogP contribution in [0.25, 0.3) is 11.1 Å². The number of halogens is 1. The number of oxazole rings is 1. The second-order valence-corrected chi connectivity index (χ2v) is 7.78. The van der Waals surface area contributed by atoms with Gasteiger partial charge < -0.3 is 14.5 Å². The first-order valence-electron chi connectivity index (χ1n) is 10.4. The SMILES string of the molecule is O=C(c1ccc(Cl)cc1)c1ccc2c(c1)oc(=O)n2C(=O)NCCCOCc1ccccc1. The fraction of sp³-hybridized carbons (Fsp3) is 0.160. The Morgan fingerprint density at radius 2 is 1.70 bits per heavy atom. The molecule has 33 heavy (non-hydrogen) atoms. The van der Waals surface area contributed by atoms with E-state index in [-0.39, 0.29) is 16.9 Å². The Bertz CT molecular complexity index is 1330. The van der Waals surface area contributed by atoms with Crippen molar-refractivity contribution in [3.8, 4) is 0 Å². The van der Waals surface area contributed by atoms with Gasteiger partial charge in [0.05, 0.1) is 12.1 Å². The molecule has 0 fully saturated rings. The van der Waals surface area contributed by atoms with E-state index < -0.39 is 11.8 Å². The van der Waals surface area contributed by atoms with Crippen LogP contribution in [-0.4, -0.2) is 29.5 Å². The second-order valence-electron chi connectivity index (χ2n) is 7.35. The predicted octanol–water partition coefficient (Wildman–Crippen LogP) is 4.64. The Balaban J connectivity index is 1.37. The molecule has 0 aliphatic rings. The van der Waals surface area contributed by atoms with E-state index in [9.17, 15) is 14.4 Å². The van der Waals surface area contributed by atoms with Crippen LogP contribution in [0.5, 0.6) is 0 Å². The van der Waals surface area contributed by atoms with Crippen molar-refractivity contribution in [1.29, 1.82) is 0 Å². The molecule has 1 N–H and O–H groups in total. The zero-order chi connectivity index (χ0) is 23.2. The summed E-state index contributed by atoms with van der Waals surface area (Å²) in [5, 5.41) is 3.22. The minimum Gasteiger partial charge on any atom is -0.407 e. The quantitative estimate of drug-likeness (QED) is 0.303. The van der Waals surface area contributed by atoms with E-state index in [1.807, 2.05) is 30.3 Å². The van der Waals surface area contributed by atoms with Gasteiger partial charge in [0.25, 0.3) is 0 Å². The number of ketones is 1. The van der Waals surface area contributed by atoms with Crippen molar-refractivity contribution in [2.24, 2.45) is 0 Å². The van der Waals surface area contributed by atoms with Crippen molar-refractivity contribution >= 4 is 34.5 Å². The largest absolute Gasteiger partial charge is 0.428 e. The number of hydrogen-bond donors (Lipinski definition) is 1. The number of carbonyl (C=O) groups excluding carboxylic acids is 2. The maximum absolute atomic E-state index is 12.7. The standard InChI is InChI=1S/C25H21ClN2O5/c26-20-10-7-18(8-11-20)23(29)19-9-12-21-22(15-19)33-25(31)28(21)24(30)27-13-4-14-32-16-17-5-2-1-3-6-17/h1-3,5-12,15H,4,13-14,16H2,(H,27,30). The smallest absolute Gasteiger partial charge is 0.407 e. The number of nitrogens with one attached hydrogen (secondary N) is 1. The summed E-state index contributed by atoms with van der Waals surface area (Å²) in [4.78, 5) is 37.5. The van der Waals surface area contributed by atoms with Gasteiger partial charge in [-0.2, -0.15) is 4.57 Å². The maximum atomic E-state index is 12.7. The fourth-order valence-electron chi connectivity index (χ4n) is 3.33. The third kappa shape index (κ3) is 5.39. The molecule has 3 aromatic carbocycles. The van der Waals surface area contributed by atoms with Crippen LogP contribution in [-0.2, 0) is 11.3 Å². The van der Waals surface area contributed by atoms with Gasteiger partial charge in [0, 0.05) is 29.3 Å². The maximum Gasteiger partial charge on any atom is 0.428 e. The highest BCUT2D eigenvalue weighted by molar-refractivity contribution is 6.30. The summed E-state index contributed by atoms with van der Waals surface area (Å²) in [5.74, 6) is -1.07. The summed E-state index contributed by atoms with van der Waals surface area (Å²) in [7, 11) is 0. The summed E-state index contributed by atoms with van der Waals surface area (Å²) in [5.41, 5.74) is 2.30. The number of rotatable bonds is 8.